The molecule has 46 heavy (non-hydrogen) atoms. The van der Waals surface area contributed by atoms with Gasteiger partial charge in [0.25, 0.3) is 0 Å². The first-order chi connectivity index (χ1) is 21.5. The molecule has 0 atom stereocenters. The van der Waals surface area contributed by atoms with Crippen LogP contribution in [0.2, 0.25) is 0 Å². The molecule has 0 fully saturated rings. The van der Waals surface area contributed by atoms with Crippen LogP contribution >= 0.6 is 0 Å². The summed E-state index contributed by atoms with van der Waals surface area (Å²) in [6.07, 6.45) is 1.97. The Morgan fingerprint density at radius 1 is 0.500 bits per heavy atom. The molecule has 0 aliphatic carbocycles. The Kier molecular flexibility index (Phi) is 31.1. The number of hydrogen-bond acceptors (Lipinski definition) is 10. The van der Waals surface area contributed by atoms with Crippen LogP contribution in [0.5, 0.6) is 0 Å². The van der Waals surface area contributed by atoms with E-state index in [1.807, 2.05) is 34.6 Å². The van der Waals surface area contributed by atoms with Gasteiger partial charge in [-0.05, 0) is 12.8 Å². The fourth-order valence-electron chi connectivity index (χ4n) is 3.23. The number of ether oxygens (including phenoxy) is 6. The highest BCUT2D eigenvalue weighted by molar-refractivity contribution is 5.81. The summed E-state index contributed by atoms with van der Waals surface area (Å²) in [5, 5.41) is 11.2. The summed E-state index contributed by atoms with van der Waals surface area (Å²) < 4.78 is 32.6. The Balaban J connectivity index is 0. The highest BCUT2D eigenvalue weighted by Gasteiger charge is 2.20. The monoisotopic (exact) mass is 664 g/mol. The minimum Gasteiger partial charge on any atom is -0.379 e. The second-order valence-electron chi connectivity index (χ2n) is 11.5. The minimum atomic E-state index is -0.413. The topological polar surface area (TPSA) is 172 Å². The van der Waals surface area contributed by atoms with E-state index in [9.17, 15) is 19.2 Å². The number of carbonyl (C=O) groups excluding carboxylic acids is 4. The minimum absolute atomic E-state index is 0. The predicted molar refractivity (Wildman–Crippen MR) is 176 cm³/mol. The lowest BCUT2D eigenvalue weighted by molar-refractivity contribution is -0.128. The molecule has 0 spiro atoms. The van der Waals surface area contributed by atoms with Gasteiger partial charge in [-0.15, -0.1) is 0 Å². The van der Waals surface area contributed by atoms with Crippen molar-refractivity contribution in [1.29, 1.82) is 0 Å². The lowest BCUT2D eigenvalue weighted by atomic mass is 9.96. The maximum absolute atomic E-state index is 11.8. The summed E-state index contributed by atoms with van der Waals surface area (Å²) in [7, 11) is 0. The van der Waals surface area contributed by atoms with Crippen molar-refractivity contribution in [3.63, 3.8) is 0 Å². The summed E-state index contributed by atoms with van der Waals surface area (Å²) in [6.45, 7) is 16.3. The van der Waals surface area contributed by atoms with Crippen LogP contribution in [0.1, 0.15) is 67.7 Å². The Bertz CT molecular complexity index is 778. The molecule has 0 aromatic rings. The summed E-state index contributed by atoms with van der Waals surface area (Å²) in [6, 6.07) is 0. The van der Waals surface area contributed by atoms with Gasteiger partial charge < -0.3 is 49.7 Å². The van der Waals surface area contributed by atoms with Gasteiger partial charge in [0.05, 0.1) is 66.1 Å². The number of carbonyl (C=O) groups is 4. The Labute approximate surface area is 277 Å². The summed E-state index contributed by atoms with van der Waals surface area (Å²) in [5.41, 5.74) is -0.413. The van der Waals surface area contributed by atoms with Crippen molar-refractivity contribution in [2.75, 3.05) is 105 Å². The van der Waals surface area contributed by atoms with Gasteiger partial charge in [0.1, 0.15) is 0 Å². The first-order valence-electron chi connectivity index (χ1n) is 16.1. The average Bonchev–Trinajstić information content (AvgIpc) is 2.99. The zero-order valence-corrected chi connectivity index (χ0v) is 28.3. The van der Waals surface area contributed by atoms with Crippen molar-refractivity contribution < 1.29 is 47.6 Å². The van der Waals surface area contributed by atoms with Crippen molar-refractivity contribution >= 4 is 23.6 Å². The molecule has 0 aromatic carbocycles. The largest absolute Gasteiger partial charge is 0.379 e. The molecule has 0 unspecified atom stereocenters. The summed E-state index contributed by atoms with van der Waals surface area (Å²) in [5.74, 6) is -0.195. The van der Waals surface area contributed by atoms with Gasteiger partial charge in [-0.2, -0.15) is 0 Å². The molecule has 0 saturated heterocycles. The van der Waals surface area contributed by atoms with Crippen LogP contribution < -0.4 is 21.3 Å². The molecule has 0 bridgehead atoms. The van der Waals surface area contributed by atoms with Crippen molar-refractivity contribution in [1.82, 2.24) is 21.3 Å². The average molecular weight is 665 g/mol. The highest BCUT2D eigenvalue weighted by Crippen LogP contribution is 2.11. The molecule has 0 saturated carbocycles. The van der Waals surface area contributed by atoms with Crippen molar-refractivity contribution in [3.05, 3.63) is 0 Å². The fourth-order valence-corrected chi connectivity index (χ4v) is 3.23. The van der Waals surface area contributed by atoms with Gasteiger partial charge in [-0.1, -0.05) is 42.0 Å². The van der Waals surface area contributed by atoms with Gasteiger partial charge in [-0.25, -0.2) is 0 Å². The smallest absolute Gasteiger partial charge is 0.225 e. The molecule has 0 aliphatic heterocycles. The van der Waals surface area contributed by atoms with E-state index < -0.39 is 5.41 Å². The molecule has 0 rings (SSSR count). The third kappa shape index (κ3) is 31.6. The molecule has 0 heterocycles. The molecule has 4 amide bonds. The summed E-state index contributed by atoms with van der Waals surface area (Å²) >= 11 is 0. The quantitative estimate of drug-likeness (QED) is 0.0824. The third-order valence-corrected chi connectivity index (χ3v) is 5.92. The number of amides is 4. The van der Waals surface area contributed by atoms with E-state index in [1.165, 1.54) is 0 Å². The Morgan fingerprint density at radius 2 is 0.870 bits per heavy atom. The van der Waals surface area contributed by atoms with E-state index in [2.05, 4.69) is 21.3 Å². The first-order valence-corrected chi connectivity index (χ1v) is 16.1. The number of rotatable bonds is 30. The van der Waals surface area contributed by atoms with Crippen LogP contribution in [0.3, 0.4) is 0 Å². The highest BCUT2D eigenvalue weighted by atomic mass is 16.5. The first kappa shape index (κ1) is 45.8. The molecule has 0 radical (unpaired) electrons. The van der Waals surface area contributed by atoms with Crippen LogP contribution in [0.15, 0.2) is 0 Å². The Morgan fingerprint density at radius 3 is 1.26 bits per heavy atom. The van der Waals surface area contributed by atoms with Gasteiger partial charge >= 0.3 is 0 Å². The summed E-state index contributed by atoms with van der Waals surface area (Å²) in [4.78, 5) is 46.8. The third-order valence-electron chi connectivity index (χ3n) is 5.92. The van der Waals surface area contributed by atoms with Crippen molar-refractivity contribution in [2.24, 2.45) is 11.3 Å². The Hall–Kier alpha value is -2.36. The van der Waals surface area contributed by atoms with E-state index in [0.717, 1.165) is 0 Å². The van der Waals surface area contributed by atoms with Crippen LogP contribution in [-0.2, 0) is 47.6 Å². The van der Waals surface area contributed by atoms with Crippen LogP contribution in [0, 0.1) is 11.3 Å². The lowest BCUT2D eigenvalue weighted by Crippen LogP contribution is -2.36. The van der Waals surface area contributed by atoms with E-state index >= 15 is 0 Å². The zero-order chi connectivity index (χ0) is 33.6. The molecule has 0 aliphatic rings. The molecule has 0 aromatic heterocycles. The van der Waals surface area contributed by atoms with E-state index in [4.69, 9.17) is 28.4 Å². The molecule has 272 valence electrons. The van der Waals surface area contributed by atoms with E-state index in [1.54, 1.807) is 0 Å². The van der Waals surface area contributed by atoms with Crippen molar-refractivity contribution in [3.8, 4) is 0 Å². The van der Waals surface area contributed by atoms with Crippen LogP contribution in [0.4, 0.5) is 0 Å². The number of nitrogens with one attached hydrogen (secondary N) is 4. The SMILES string of the molecule is C.CC(C)C(=O)NCCOCCOCCC(=O)NCCCOCCOCCCNC(=O)CCOCCOCCNC(=O)C(C)(C)C. The van der Waals surface area contributed by atoms with Crippen LogP contribution in [0.25, 0.3) is 0 Å². The standard InChI is InChI=1S/C31H60N4O10.CH4/c1-26(2)29(38)34-12-18-44-24-22-42-16-8-27(36)32-10-6-14-40-20-21-41-15-7-11-33-28(37)9-17-43-23-25-45-19-13-35-30(39)31(3,4)5;/h26H,6-25H2,1-5H3,(H,32,36)(H,33,37)(H,34,38)(H,35,39);1H4. The van der Waals surface area contributed by atoms with Gasteiger partial charge in [0.2, 0.25) is 23.6 Å². The second kappa shape index (κ2) is 31.3. The maximum Gasteiger partial charge on any atom is 0.225 e. The lowest BCUT2D eigenvalue weighted by Gasteiger charge is -2.17. The predicted octanol–water partition coefficient (Wildman–Crippen LogP) is 1.45. The fraction of sp³-hybridized carbons (Fsp3) is 0.875. The van der Waals surface area contributed by atoms with E-state index in [-0.39, 0.29) is 49.8 Å². The van der Waals surface area contributed by atoms with Gasteiger partial charge in [-0.3, -0.25) is 19.2 Å². The number of hydrogen-bond donors (Lipinski definition) is 4. The molecule has 4 N–H and O–H groups in total. The molecule has 14 heteroatoms. The molecule has 14 nitrogen and oxygen atoms in total. The molecular formula is C32H64N4O10. The van der Waals surface area contributed by atoms with Crippen LogP contribution in [-0.4, -0.2) is 129 Å². The molecular weight excluding hydrogens is 600 g/mol. The van der Waals surface area contributed by atoms with Gasteiger partial charge in [0, 0.05) is 63.6 Å². The maximum atomic E-state index is 11.8. The second-order valence-corrected chi connectivity index (χ2v) is 11.5. The van der Waals surface area contributed by atoms with E-state index in [0.29, 0.717) is 118 Å². The zero-order valence-electron chi connectivity index (χ0n) is 28.3. The normalized spacial score (nSPS) is 11.2. The van der Waals surface area contributed by atoms with Crippen molar-refractivity contribution in [2.45, 2.75) is 67.7 Å². The van der Waals surface area contributed by atoms with Gasteiger partial charge in [0.15, 0.2) is 0 Å².